The monoisotopic (exact) mass is 284 g/mol. The third kappa shape index (κ3) is 8.05. The summed E-state index contributed by atoms with van der Waals surface area (Å²) in [5.41, 5.74) is 4.36. The molecular formula is C12H23F3N2O2. The van der Waals surface area contributed by atoms with Gasteiger partial charge in [0.2, 0.25) is 5.91 Å². The van der Waals surface area contributed by atoms with Gasteiger partial charge >= 0.3 is 6.18 Å². The van der Waals surface area contributed by atoms with Gasteiger partial charge in [0.15, 0.2) is 0 Å². The van der Waals surface area contributed by atoms with Crippen LogP contribution in [0.5, 0.6) is 0 Å². The van der Waals surface area contributed by atoms with Gasteiger partial charge in [0, 0.05) is 6.42 Å². The average molecular weight is 284 g/mol. The Kier molecular flexibility index (Phi) is 7.36. The van der Waals surface area contributed by atoms with Crippen molar-refractivity contribution in [3.8, 4) is 0 Å². The van der Waals surface area contributed by atoms with Crippen molar-refractivity contribution in [3.05, 3.63) is 0 Å². The van der Waals surface area contributed by atoms with E-state index >= 15 is 0 Å². The Labute approximate surface area is 111 Å². The molecule has 4 nitrogen and oxygen atoms in total. The molecule has 1 amide bonds. The molecule has 0 aliphatic carbocycles. The topological polar surface area (TPSA) is 64.3 Å². The molecule has 0 saturated carbocycles. The van der Waals surface area contributed by atoms with Crippen LogP contribution in [0.4, 0.5) is 13.2 Å². The number of amides is 1. The van der Waals surface area contributed by atoms with Crippen molar-refractivity contribution < 1.29 is 22.7 Å². The van der Waals surface area contributed by atoms with Gasteiger partial charge in [-0.05, 0) is 26.8 Å². The highest BCUT2D eigenvalue weighted by Gasteiger charge is 2.33. The van der Waals surface area contributed by atoms with E-state index in [1.54, 1.807) is 13.8 Å². The van der Waals surface area contributed by atoms with E-state index in [-0.39, 0.29) is 6.42 Å². The summed E-state index contributed by atoms with van der Waals surface area (Å²) in [6.45, 7) is 5.40. The fourth-order valence-electron chi connectivity index (χ4n) is 1.67. The fraction of sp³-hybridized carbons (Fsp3) is 0.917. The first-order chi connectivity index (χ1) is 8.60. The molecule has 0 aromatic heterocycles. The van der Waals surface area contributed by atoms with Crippen LogP contribution in [-0.4, -0.2) is 36.9 Å². The first kappa shape index (κ1) is 18.2. The van der Waals surface area contributed by atoms with Crippen LogP contribution in [0.2, 0.25) is 0 Å². The van der Waals surface area contributed by atoms with Crippen LogP contribution in [0.3, 0.4) is 0 Å². The number of rotatable bonds is 9. The van der Waals surface area contributed by atoms with Gasteiger partial charge in [-0.3, -0.25) is 4.79 Å². The SMILES string of the molecule is CCCNC(C)(CC(C)OCCC(F)(F)F)C(N)=O. The summed E-state index contributed by atoms with van der Waals surface area (Å²) in [4.78, 5) is 11.4. The molecule has 19 heavy (non-hydrogen) atoms. The maximum Gasteiger partial charge on any atom is 0.391 e. The second kappa shape index (κ2) is 7.69. The quantitative estimate of drug-likeness (QED) is 0.680. The lowest BCUT2D eigenvalue weighted by Gasteiger charge is -2.30. The molecule has 2 atom stereocenters. The van der Waals surface area contributed by atoms with Gasteiger partial charge in [-0.25, -0.2) is 0 Å². The number of ether oxygens (including phenoxy) is 1. The number of hydrogen-bond acceptors (Lipinski definition) is 3. The van der Waals surface area contributed by atoms with Crippen molar-refractivity contribution in [1.29, 1.82) is 0 Å². The summed E-state index contributed by atoms with van der Waals surface area (Å²) >= 11 is 0. The van der Waals surface area contributed by atoms with E-state index in [0.717, 1.165) is 6.42 Å². The zero-order valence-electron chi connectivity index (χ0n) is 11.6. The number of primary amides is 1. The standard InChI is InChI=1S/C12H23F3N2O2/c1-4-6-17-11(3,10(16)18)8-9(2)19-7-5-12(13,14)15/h9,17H,4-8H2,1-3H3,(H2,16,18). The van der Waals surface area contributed by atoms with Gasteiger partial charge in [-0.15, -0.1) is 0 Å². The Morgan fingerprint density at radius 3 is 2.42 bits per heavy atom. The molecule has 0 saturated heterocycles. The highest BCUT2D eigenvalue weighted by Crippen LogP contribution is 2.20. The van der Waals surface area contributed by atoms with Crippen LogP contribution in [-0.2, 0) is 9.53 Å². The average Bonchev–Trinajstić information content (AvgIpc) is 2.24. The summed E-state index contributed by atoms with van der Waals surface area (Å²) in [5.74, 6) is -0.535. The smallest absolute Gasteiger partial charge is 0.378 e. The third-order valence-electron chi connectivity index (χ3n) is 2.79. The molecule has 0 aliphatic rings. The normalized spacial score (nSPS) is 16.9. The highest BCUT2D eigenvalue weighted by molar-refractivity contribution is 5.84. The molecule has 0 fully saturated rings. The summed E-state index contributed by atoms with van der Waals surface area (Å²) in [6, 6.07) is 0. The van der Waals surface area contributed by atoms with E-state index in [0.29, 0.717) is 6.54 Å². The summed E-state index contributed by atoms with van der Waals surface area (Å²) in [7, 11) is 0. The molecule has 7 heteroatoms. The molecular weight excluding hydrogens is 261 g/mol. The second-order valence-corrected chi connectivity index (χ2v) is 4.87. The van der Waals surface area contributed by atoms with Crippen LogP contribution in [0.25, 0.3) is 0 Å². The molecule has 0 heterocycles. The maximum atomic E-state index is 12.0. The van der Waals surface area contributed by atoms with Gasteiger partial charge in [-0.1, -0.05) is 6.92 Å². The van der Waals surface area contributed by atoms with Gasteiger partial charge in [0.05, 0.1) is 24.7 Å². The van der Waals surface area contributed by atoms with E-state index in [1.807, 2.05) is 6.92 Å². The lowest BCUT2D eigenvalue weighted by atomic mass is 9.93. The minimum absolute atomic E-state index is 0.236. The van der Waals surface area contributed by atoms with Crippen molar-refractivity contribution in [3.63, 3.8) is 0 Å². The zero-order valence-corrected chi connectivity index (χ0v) is 11.6. The number of carbonyl (C=O) groups is 1. The predicted octanol–water partition coefficient (Wildman–Crippen LogP) is 1.98. The maximum absolute atomic E-state index is 12.0. The molecule has 0 rings (SSSR count). The van der Waals surface area contributed by atoms with Crippen molar-refractivity contribution in [2.24, 2.45) is 5.73 Å². The van der Waals surface area contributed by atoms with Crippen LogP contribution in [0, 0.1) is 0 Å². The zero-order chi connectivity index (χ0) is 15.1. The molecule has 3 N–H and O–H groups in total. The van der Waals surface area contributed by atoms with Gasteiger partial charge in [-0.2, -0.15) is 13.2 Å². The number of alkyl halides is 3. The van der Waals surface area contributed by atoms with E-state index < -0.39 is 36.8 Å². The van der Waals surface area contributed by atoms with Crippen LogP contribution in [0.1, 0.15) is 40.0 Å². The molecule has 0 radical (unpaired) electrons. The third-order valence-corrected chi connectivity index (χ3v) is 2.79. The van der Waals surface area contributed by atoms with E-state index in [9.17, 15) is 18.0 Å². The lowest BCUT2D eigenvalue weighted by molar-refractivity contribution is -0.150. The number of nitrogens with one attached hydrogen (secondary N) is 1. The van der Waals surface area contributed by atoms with E-state index in [1.165, 1.54) is 0 Å². The molecule has 0 spiro atoms. The molecule has 2 unspecified atom stereocenters. The second-order valence-electron chi connectivity index (χ2n) is 4.87. The summed E-state index contributed by atoms with van der Waals surface area (Å²) < 4.78 is 41.0. The fourth-order valence-corrected chi connectivity index (χ4v) is 1.67. The van der Waals surface area contributed by atoms with Crippen LogP contribution in [0.15, 0.2) is 0 Å². The predicted molar refractivity (Wildman–Crippen MR) is 66.6 cm³/mol. The number of halogens is 3. The van der Waals surface area contributed by atoms with E-state index in [2.05, 4.69) is 5.32 Å². The van der Waals surface area contributed by atoms with Crippen LogP contribution >= 0.6 is 0 Å². The van der Waals surface area contributed by atoms with Crippen molar-refractivity contribution in [2.45, 2.75) is 57.9 Å². The van der Waals surface area contributed by atoms with Crippen molar-refractivity contribution in [1.82, 2.24) is 5.32 Å². The number of carbonyl (C=O) groups excluding carboxylic acids is 1. The Bertz CT molecular complexity index is 285. The summed E-state index contributed by atoms with van der Waals surface area (Å²) in [6.07, 6.45) is -4.64. The minimum atomic E-state index is -4.23. The number of nitrogens with two attached hydrogens (primary N) is 1. The molecule has 0 aliphatic heterocycles. The largest absolute Gasteiger partial charge is 0.391 e. The lowest BCUT2D eigenvalue weighted by Crippen LogP contribution is -2.55. The Balaban J connectivity index is 4.24. The molecule has 114 valence electrons. The summed E-state index contributed by atoms with van der Waals surface area (Å²) in [5, 5.41) is 3.01. The minimum Gasteiger partial charge on any atom is -0.378 e. The highest BCUT2D eigenvalue weighted by atomic mass is 19.4. The van der Waals surface area contributed by atoms with Gasteiger partial charge < -0.3 is 15.8 Å². The molecule has 0 aromatic rings. The van der Waals surface area contributed by atoms with Crippen molar-refractivity contribution in [2.75, 3.05) is 13.2 Å². The number of hydrogen-bond donors (Lipinski definition) is 2. The Hall–Kier alpha value is -0.820. The van der Waals surface area contributed by atoms with Gasteiger partial charge in [0.25, 0.3) is 0 Å². The van der Waals surface area contributed by atoms with Gasteiger partial charge in [0.1, 0.15) is 0 Å². The van der Waals surface area contributed by atoms with Crippen LogP contribution < -0.4 is 11.1 Å². The molecule has 0 aromatic carbocycles. The first-order valence-electron chi connectivity index (χ1n) is 6.34. The first-order valence-corrected chi connectivity index (χ1v) is 6.34. The van der Waals surface area contributed by atoms with Crippen molar-refractivity contribution >= 4 is 5.91 Å². The Morgan fingerprint density at radius 2 is 2.00 bits per heavy atom. The Morgan fingerprint density at radius 1 is 1.42 bits per heavy atom. The van der Waals surface area contributed by atoms with E-state index in [4.69, 9.17) is 10.5 Å². The molecule has 0 bridgehead atoms.